The van der Waals surface area contributed by atoms with Crippen molar-refractivity contribution in [3.8, 4) is 0 Å². The Kier molecular flexibility index (Phi) is 6.68. The smallest absolute Gasteiger partial charge is 0.259 e. The van der Waals surface area contributed by atoms with E-state index in [-0.39, 0.29) is 11.9 Å². The number of nitrogens with zero attached hydrogens (tertiary/aromatic N) is 4. The summed E-state index contributed by atoms with van der Waals surface area (Å²) in [5.74, 6) is -1.12. The Bertz CT molecular complexity index is 1490. The second-order valence-corrected chi connectivity index (χ2v) is 10.7. The van der Waals surface area contributed by atoms with Crippen LogP contribution in [0.2, 0.25) is 0 Å². The minimum Gasteiger partial charge on any atom is -0.368 e. The third-order valence-electron chi connectivity index (χ3n) is 7.70. The molecule has 6 rings (SSSR count). The maximum atomic E-state index is 14.6. The van der Waals surface area contributed by atoms with Crippen molar-refractivity contribution in [2.75, 3.05) is 34.8 Å². The summed E-state index contributed by atoms with van der Waals surface area (Å²) in [7, 11) is 0. The quantitative estimate of drug-likeness (QED) is 0.362. The second-order valence-electron chi connectivity index (χ2n) is 10.7. The maximum absolute atomic E-state index is 14.6. The van der Waals surface area contributed by atoms with E-state index < -0.39 is 11.6 Å². The van der Waals surface area contributed by atoms with Gasteiger partial charge >= 0.3 is 0 Å². The monoisotopic (exact) mass is 530 g/mol. The van der Waals surface area contributed by atoms with Gasteiger partial charge in [0.15, 0.2) is 0 Å². The molecule has 0 bridgehead atoms. The Balaban J connectivity index is 1.22. The number of fused-ring (bicyclic) bond motifs is 1. The number of carbonyl (C=O) groups is 1. The van der Waals surface area contributed by atoms with Gasteiger partial charge in [0, 0.05) is 60.5 Å². The molecule has 1 unspecified atom stereocenters. The van der Waals surface area contributed by atoms with Gasteiger partial charge in [-0.25, -0.2) is 13.3 Å². The van der Waals surface area contributed by atoms with E-state index in [1.54, 1.807) is 16.9 Å². The van der Waals surface area contributed by atoms with Crippen molar-refractivity contribution in [3.05, 3.63) is 89.8 Å². The minimum absolute atomic E-state index is 0.256. The average molecular weight is 531 g/mol. The van der Waals surface area contributed by atoms with E-state index in [1.807, 2.05) is 36.4 Å². The highest BCUT2D eigenvalue weighted by atomic mass is 19.1. The predicted molar refractivity (Wildman–Crippen MR) is 150 cm³/mol. The summed E-state index contributed by atoms with van der Waals surface area (Å²) in [5, 5.41) is 10.9. The normalized spacial score (nSPS) is 21.5. The molecule has 2 aromatic heterocycles. The van der Waals surface area contributed by atoms with Crippen molar-refractivity contribution < 1.29 is 13.6 Å². The van der Waals surface area contributed by atoms with Crippen LogP contribution in [0.3, 0.4) is 0 Å². The lowest BCUT2D eigenvalue weighted by Crippen LogP contribution is -2.54. The van der Waals surface area contributed by atoms with E-state index in [4.69, 9.17) is 0 Å². The van der Waals surface area contributed by atoms with Gasteiger partial charge in [-0.3, -0.25) is 4.79 Å². The molecule has 4 aromatic rings. The third-order valence-corrected chi connectivity index (χ3v) is 7.70. The fraction of sp³-hybridized carbons (Fsp3) is 0.333. The molecule has 4 heterocycles. The summed E-state index contributed by atoms with van der Waals surface area (Å²) in [4.78, 5) is 17.7. The van der Waals surface area contributed by atoms with Crippen LogP contribution >= 0.6 is 0 Å². The number of hydrogen-bond donors (Lipinski definition) is 2. The van der Waals surface area contributed by atoms with Crippen LogP contribution < -0.4 is 20.4 Å². The molecule has 0 aliphatic carbocycles. The largest absolute Gasteiger partial charge is 0.368 e. The number of piperazine rings is 1. The first-order chi connectivity index (χ1) is 18.9. The molecule has 1 amide bonds. The molecular formula is C30H32F2N6O. The topological polar surface area (TPSA) is 64.9 Å². The Hall–Kier alpha value is -3.98. The van der Waals surface area contributed by atoms with Gasteiger partial charge in [-0.15, -0.1) is 0 Å². The summed E-state index contributed by atoms with van der Waals surface area (Å²) >= 11 is 0. The molecule has 0 radical (unpaired) electrons. The molecule has 0 saturated carbocycles. The molecule has 2 aromatic carbocycles. The van der Waals surface area contributed by atoms with Gasteiger partial charge in [0.2, 0.25) is 0 Å². The SMILES string of the molecule is C[C@@H]1CN(c2ccc(NC(=O)c3cnn4ccc(N5CCCC5c5cc(F)ccc5F)cc34)cc2)C[C@H](C)N1. The first-order valence-corrected chi connectivity index (χ1v) is 13.5. The molecule has 39 heavy (non-hydrogen) atoms. The van der Waals surface area contributed by atoms with Crippen LogP contribution in [0.15, 0.2) is 67.0 Å². The molecule has 2 saturated heterocycles. The van der Waals surface area contributed by atoms with Crippen molar-refractivity contribution in [1.29, 1.82) is 0 Å². The van der Waals surface area contributed by atoms with Crippen molar-refractivity contribution in [2.45, 2.75) is 44.8 Å². The predicted octanol–water partition coefficient (Wildman–Crippen LogP) is 5.39. The van der Waals surface area contributed by atoms with E-state index in [2.05, 4.69) is 39.4 Å². The van der Waals surface area contributed by atoms with Crippen LogP contribution in [0.4, 0.5) is 25.8 Å². The lowest BCUT2D eigenvalue weighted by Gasteiger charge is -2.37. The van der Waals surface area contributed by atoms with Gasteiger partial charge in [0.1, 0.15) is 11.6 Å². The van der Waals surface area contributed by atoms with E-state index in [9.17, 15) is 13.6 Å². The van der Waals surface area contributed by atoms with Crippen LogP contribution in [0.5, 0.6) is 0 Å². The van der Waals surface area contributed by atoms with E-state index in [0.29, 0.717) is 41.0 Å². The molecule has 7 nitrogen and oxygen atoms in total. The van der Waals surface area contributed by atoms with Crippen LogP contribution in [0.1, 0.15) is 48.7 Å². The van der Waals surface area contributed by atoms with Crippen LogP contribution in [0, 0.1) is 11.6 Å². The number of nitrogens with one attached hydrogen (secondary N) is 2. The van der Waals surface area contributed by atoms with Crippen molar-refractivity contribution in [2.24, 2.45) is 0 Å². The van der Waals surface area contributed by atoms with Crippen LogP contribution in [-0.4, -0.2) is 47.2 Å². The summed E-state index contributed by atoms with van der Waals surface area (Å²) in [6, 6.07) is 15.9. The fourth-order valence-electron chi connectivity index (χ4n) is 5.98. The van der Waals surface area contributed by atoms with E-state index in [0.717, 1.165) is 43.4 Å². The number of carbonyl (C=O) groups excluding carboxylic acids is 1. The van der Waals surface area contributed by atoms with Crippen LogP contribution in [-0.2, 0) is 0 Å². The number of aromatic nitrogens is 2. The van der Waals surface area contributed by atoms with Gasteiger partial charge in [-0.2, -0.15) is 5.10 Å². The molecule has 2 fully saturated rings. The summed E-state index contributed by atoms with van der Waals surface area (Å²) < 4.78 is 30.2. The highest BCUT2D eigenvalue weighted by Gasteiger charge is 2.29. The van der Waals surface area contributed by atoms with Crippen molar-refractivity contribution >= 4 is 28.5 Å². The zero-order valence-corrected chi connectivity index (χ0v) is 22.1. The molecule has 0 spiro atoms. The van der Waals surface area contributed by atoms with E-state index in [1.165, 1.54) is 12.1 Å². The number of pyridine rings is 1. The van der Waals surface area contributed by atoms with Gasteiger partial charge in [-0.1, -0.05) is 0 Å². The van der Waals surface area contributed by atoms with Gasteiger partial charge in [0.05, 0.1) is 23.3 Å². The summed E-state index contributed by atoms with van der Waals surface area (Å²) in [5.41, 5.74) is 4.12. The number of halogens is 2. The number of benzene rings is 2. The van der Waals surface area contributed by atoms with Crippen molar-refractivity contribution in [3.63, 3.8) is 0 Å². The Morgan fingerprint density at radius 3 is 2.54 bits per heavy atom. The number of anilines is 3. The minimum atomic E-state index is -0.450. The molecular weight excluding hydrogens is 498 g/mol. The average Bonchev–Trinajstić information content (AvgIpc) is 3.57. The number of amides is 1. The van der Waals surface area contributed by atoms with Crippen molar-refractivity contribution in [1.82, 2.24) is 14.9 Å². The first-order valence-electron chi connectivity index (χ1n) is 13.5. The Morgan fingerprint density at radius 1 is 1.00 bits per heavy atom. The van der Waals surface area contributed by atoms with Gasteiger partial charge < -0.3 is 20.4 Å². The zero-order valence-electron chi connectivity index (χ0n) is 22.1. The summed E-state index contributed by atoms with van der Waals surface area (Å²) in [6.45, 7) is 6.95. The second kappa shape index (κ2) is 10.3. The fourth-order valence-corrected chi connectivity index (χ4v) is 5.98. The summed E-state index contributed by atoms with van der Waals surface area (Å²) in [6.07, 6.45) is 4.93. The molecule has 2 aliphatic rings. The Labute approximate surface area is 226 Å². The lowest BCUT2D eigenvalue weighted by atomic mass is 10.0. The standard InChI is InChI=1S/C30H32F2N6O/c1-19-17-36(18-20(2)34-19)23-8-6-22(7-9-23)35-30(39)26-16-33-38-13-11-24(15-29(26)38)37-12-3-4-28(37)25-14-21(31)5-10-27(25)32/h5-11,13-16,19-20,28,34H,3-4,12,17-18H2,1-2H3,(H,35,39)/t19-,20+,28?. The third kappa shape index (κ3) is 5.06. The Morgan fingerprint density at radius 2 is 1.77 bits per heavy atom. The molecule has 3 atom stereocenters. The number of rotatable bonds is 5. The highest BCUT2D eigenvalue weighted by Crippen LogP contribution is 2.38. The molecule has 202 valence electrons. The highest BCUT2D eigenvalue weighted by molar-refractivity contribution is 6.09. The first kappa shape index (κ1) is 25.3. The zero-order chi connectivity index (χ0) is 27.1. The molecule has 2 aliphatic heterocycles. The lowest BCUT2D eigenvalue weighted by molar-refractivity contribution is 0.102. The van der Waals surface area contributed by atoms with E-state index >= 15 is 0 Å². The maximum Gasteiger partial charge on any atom is 0.259 e. The van der Waals surface area contributed by atoms with Gasteiger partial charge in [0.25, 0.3) is 5.91 Å². The van der Waals surface area contributed by atoms with Gasteiger partial charge in [-0.05, 0) is 81.3 Å². The molecule has 9 heteroatoms. The molecule has 2 N–H and O–H groups in total. The van der Waals surface area contributed by atoms with Crippen LogP contribution in [0.25, 0.3) is 5.52 Å². The number of hydrogen-bond acceptors (Lipinski definition) is 5.